The van der Waals surface area contributed by atoms with E-state index in [4.69, 9.17) is 4.65 Å². The van der Waals surface area contributed by atoms with Crippen molar-refractivity contribution in [1.82, 2.24) is 0 Å². The molecule has 2 fully saturated rings. The smallest absolute Gasteiger partial charge is 0.455 e. The van der Waals surface area contributed by atoms with Gasteiger partial charge in [-0.2, -0.15) is 26.3 Å². The van der Waals surface area contributed by atoms with Gasteiger partial charge >= 0.3 is 19.5 Å². The molecule has 4 atom stereocenters. The van der Waals surface area contributed by atoms with Crippen molar-refractivity contribution >= 4 is 30.7 Å². The summed E-state index contributed by atoms with van der Waals surface area (Å²) in [5, 5.41) is 20.5. The van der Waals surface area contributed by atoms with Crippen molar-refractivity contribution in [3.63, 3.8) is 0 Å². The number of amides is 2. The van der Waals surface area contributed by atoms with Crippen molar-refractivity contribution in [2.24, 2.45) is 23.7 Å². The van der Waals surface area contributed by atoms with Crippen LogP contribution in [0.15, 0.2) is 59.2 Å². The summed E-state index contributed by atoms with van der Waals surface area (Å²) in [4.78, 5) is 28.2. The van der Waals surface area contributed by atoms with Crippen LogP contribution in [0.25, 0.3) is 6.08 Å². The molecule has 0 unspecified atom stereocenters. The molecule has 13 heteroatoms. The van der Waals surface area contributed by atoms with Gasteiger partial charge in [-0.05, 0) is 85.3 Å². The maximum absolute atomic E-state index is 14.0. The molecular weight excluding hydrogens is 627 g/mol. The highest BCUT2D eigenvalue weighted by atomic mass is 19.4. The van der Waals surface area contributed by atoms with E-state index in [1.807, 2.05) is 26.8 Å². The minimum Gasteiger partial charge on any atom is -0.508 e. The number of rotatable bonds is 8. The Morgan fingerprint density at radius 1 is 0.979 bits per heavy atom. The van der Waals surface area contributed by atoms with Crippen LogP contribution in [0.1, 0.15) is 69.6 Å². The van der Waals surface area contributed by atoms with Crippen LogP contribution in [-0.4, -0.2) is 35.2 Å². The number of imide groups is 1. The molecule has 2 N–H and O–H groups in total. The lowest BCUT2D eigenvalue weighted by Gasteiger charge is -2.44. The first-order valence-electron chi connectivity index (χ1n) is 15.7. The van der Waals surface area contributed by atoms with Gasteiger partial charge in [0.25, 0.3) is 0 Å². The van der Waals surface area contributed by atoms with Gasteiger partial charge < -0.3 is 14.8 Å². The van der Waals surface area contributed by atoms with Crippen LogP contribution in [0.4, 0.5) is 32.0 Å². The van der Waals surface area contributed by atoms with Crippen LogP contribution in [0.5, 0.6) is 5.75 Å². The summed E-state index contributed by atoms with van der Waals surface area (Å²) in [6, 6.07) is 7.52. The Kier molecular flexibility index (Phi) is 9.72. The topological polar surface area (TPSA) is 87.1 Å². The number of halogens is 6. The predicted molar refractivity (Wildman–Crippen MR) is 164 cm³/mol. The Morgan fingerprint density at radius 2 is 1.60 bits per heavy atom. The summed E-state index contributed by atoms with van der Waals surface area (Å²) in [6.07, 6.45) is -6.19. The molecule has 2 heterocycles. The number of nitrogens with zero attached hydrogens (tertiary/aromatic N) is 1. The summed E-state index contributed by atoms with van der Waals surface area (Å²) in [7, 11) is -1.29. The van der Waals surface area contributed by atoms with Gasteiger partial charge in [0.2, 0.25) is 11.8 Å². The highest BCUT2D eigenvalue weighted by molar-refractivity contribution is 6.43. The number of phenols is 1. The zero-order chi connectivity index (χ0) is 34.4. The second kappa shape index (κ2) is 13.1. The van der Waals surface area contributed by atoms with Crippen molar-refractivity contribution in [1.29, 1.82) is 0 Å². The number of carbonyl (C=O) groups excluding carboxylic acids is 2. The Labute approximate surface area is 269 Å². The molecule has 6 nitrogen and oxygen atoms in total. The molecule has 0 spiro atoms. The fraction of sp³-hybridized carbons (Fsp3) is 0.471. The summed E-state index contributed by atoms with van der Waals surface area (Å²) < 4.78 is 88.0. The molecule has 2 saturated heterocycles. The Bertz CT molecular complexity index is 1550. The lowest BCUT2D eigenvalue weighted by atomic mass is 9.57. The SMILES string of the molecule is CCC/C(=C\c1ccc(O)cc1)CC[C@H]1OB(O)C[C@H]2C1=C(C(C)C)C[C@H]1C(=O)N(c3cc(C(F)(F)F)cc(C(F)(F)F)c3)C(=O)[C@H]12. The van der Waals surface area contributed by atoms with Crippen LogP contribution in [0.2, 0.25) is 6.32 Å². The van der Waals surface area contributed by atoms with Gasteiger partial charge in [-0.15, -0.1) is 0 Å². The van der Waals surface area contributed by atoms with Crippen LogP contribution in [0, 0.1) is 23.7 Å². The lowest BCUT2D eigenvalue weighted by molar-refractivity contribution is -0.143. The van der Waals surface area contributed by atoms with Gasteiger partial charge in [0.1, 0.15) is 5.75 Å². The normalized spacial score (nSPS) is 23.9. The number of alkyl halides is 6. The molecular formula is C34H36BF6NO5. The second-order valence-corrected chi connectivity index (χ2v) is 12.9. The molecule has 0 bridgehead atoms. The average molecular weight is 663 g/mol. The number of phenolic OH excluding ortho intramolecular Hbond substituents is 1. The van der Waals surface area contributed by atoms with Gasteiger partial charge in [-0.3, -0.25) is 9.59 Å². The molecule has 2 aromatic carbocycles. The second-order valence-electron chi connectivity index (χ2n) is 12.9. The summed E-state index contributed by atoms with van der Waals surface area (Å²) >= 11 is 0. The van der Waals surface area contributed by atoms with Crippen LogP contribution in [-0.2, 0) is 26.6 Å². The minimum atomic E-state index is -5.15. The number of benzene rings is 2. The van der Waals surface area contributed by atoms with E-state index < -0.39 is 72.0 Å². The predicted octanol–water partition coefficient (Wildman–Crippen LogP) is 8.05. The monoisotopic (exact) mass is 663 g/mol. The van der Waals surface area contributed by atoms with Gasteiger partial charge in [0.15, 0.2) is 0 Å². The third-order valence-corrected chi connectivity index (χ3v) is 9.33. The number of anilines is 1. The Morgan fingerprint density at radius 3 is 2.15 bits per heavy atom. The van der Waals surface area contributed by atoms with Gasteiger partial charge in [-0.1, -0.05) is 56.5 Å². The standard InChI is InChI=1S/C34H36BF6NO5/c1-4-5-19(12-20-6-9-24(43)10-7-20)8-11-28-29-25(18(2)3)16-26-30(27(29)17-35(46)47-28)32(45)42(31(26)44)23-14-21(33(36,37)38)13-22(15-23)34(39,40)41/h6-7,9-10,12-15,18,26-28,30,43,46H,4-5,8,11,16-17H2,1-3H3/b19-12+/t26-,27+,28-,30-/m1/s1. The lowest BCUT2D eigenvalue weighted by Crippen LogP contribution is -2.46. The molecule has 2 amide bonds. The first-order chi connectivity index (χ1) is 22.0. The van der Waals surface area contributed by atoms with E-state index in [-0.39, 0.29) is 30.5 Å². The van der Waals surface area contributed by atoms with Crippen molar-refractivity contribution in [3.05, 3.63) is 75.9 Å². The maximum Gasteiger partial charge on any atom is 0.455 e. The quantitative estimate of drug-likeness (QED) is 0.129. The molecule has 1 aliphatic carbocycles. The van der Waals surface area contributed by atoms with Gasteiger partial charge in [-0.25, -0.2) is 4.90 Å². The number of hydrogen-bond acceptors (Lipinski definition) is 5. The van der Waals surface area contributed by atoms with Crippen LogP contribution >= 0.6 is 0 Å². The first-order valence-corrected chi connectivity index (χ1v) is 15.7. The molecule has 5 rings (SSSR count). The molecule has 3 aliphatic rings. The van der Waals surface area contributed by atoms with Crippen molar-refractivity contribution in [2.75, 3.05) is 4.90 Å². The van der Waals surface area contributed by atoms with Crippen molar-refractivity contribution in [3.8, 4) is 5.75 Å². The van der Waals surface area contributed by atoms with Crippen molar-refractivity contribution in [2.45, 2.75) is 77.7 Å². The fourth-order valence-corrected chi connectivity index (χ4v) is 7.29. The van der Waals surface area contributed by atoms with Crippen LogP contribution < -0.4 is 4.90 Å². The zero-order valence-electron chi connectivity index (χ0n) is 26.2. The molecule has 2 aromatic rings. The van der Waals surface area contributed by atoms with E-state index in [1.165, 1.54) is 0 Å². The van der Waals surface area contributed by atoms with Crippen molar-refractivity contribution < 1.29 is 50.7 Å². The molecule has 0 aromatic heterocycles. The molecule has 2 aliphatic heterocycles. The number of aromatic hydroxyl groups is 1. The van der Waals surface area contributed by atoms with E-state index in [2.05, 4.69) is 0 Å². The molecule has 47 heavy (non-hydrogen) atoms. The summed E-state index contributed by atoms with van der Waals surface area (Å²) in [5.41, 5.74) is -0.409. The van der Waals surface area contributed by atoms with Crippen LogP contribution in [0.3, 0.4) is 0 Å². The highest BCUT2D eigenvalue weighted by Crippen LogP contribution is 2.53. The Hall–Kier alpha value is -3.58. The van der Waals surface area contributed by atoms with E-state index >= 15 is 0 Å². The van der Waals surface area contributed by atoms with E-state index in [9.17, 15) is 46.1 Å². The third-order valence-electron chi connectivity index (χ3n) is 9.33. The highest BCUT2D eigenvalue weighted by Gasteiger charge is 2.58. The van der Waals surface area contributed by atoms with Gasteiger partial charge in [0, 0.05) is 0 Å². The minimum absolute atomic E-state index is 0.0412. The Balaban J connectivity index is 1.49. The molecule has 0 saturated carbocycles. The maximum atomic E-state index is 14.0. The van der Waals surface area contributed by atoms with Gasteiger partial charge in [0.05, 0.1) is 34.8 Å². The number of allylic oxidation sites excluding steroid dienone is 2. The average Bonchev–Trinajstić information content (AvgIpc) is 3.24. The third kappa shape index (κ3) is 7.16. The number of fused-ring (bicyclic) bond motifs is 3. The number of hydrogen-bond donors (Lipinski definition) is 2. The van der Waals surface area contributed by atoms with E-state index in [0.717, 1.165) is 35.1 Å². The van der Waals surface area contributed by atoms with E-state index in [1.54, 1.807) is 24.3 Å². The van der Waals surface area contributed by atoms with E-state index in [0.29, 0.717) is 29.9 Å². The zero-order valence-corrected chi connectivity index (χ0v) is 26.2. The summed E-state index contributed by atoms with van der Waals surface area (Å²) in [6.45, 7) is 5.87. The fourth-order valence-electron chi connectivity index (χ4n) is 7.29. The first kappa shape index (κ1) is 34.8. The largest absolute Gasteiger partial charge is 0.508 e. The summed E-state index contributed by atoms with van der Waals surface area (Å²) in [5.74, 6) is -4.48. The number of carbonyl (C=O) groups is 2. The molecule has 0 radical (unpaired) electrons. The molecule has 252 valence electrons.